The van der Waals surface area contributed by atoms with Crippen LogP contribution in [-0.4, -0.2) is 9.99 Å². The molecule has 0 spiro atoms. The van der Waals surface area contributed by atoms with E-state index in [1.54, 1.807) is 0 Å². The summed E-state index contributed by atoms with van der Waals surface area (Å²) >= 11 is 2.83. The fraction of sp³-hybridized carbons (Fsp3) is 0.800. The molecule has 0 aromatic heterocycles. The van der Waals surface area contributed by atoms with Gasteiger partial charge in [0.2, 0.25) is 0 Å². The first kappa shape index (κ1) is 7.69. The second-order valence-electron chi connectivity index (χ2n) is 1.75. The molecule has 0 saturated heterocycles. The summed E-state index contributed by atoms with van der Waals surface area (Å²) in [5.41, 5.74) is 0. The maximum Gasteiger partial charge on any atom is 0.197 e. The van der Waals surface area contributed by atoms with Gasteiger partial charge in [-0.1, -0.05) is 0 Å². The van der Waals surface area contributed by atoms with Gasteiger partial charge in [0, 0.05) is 12.8 Å². The van der Waals surface area contributed by atoms with Crippen LogP contribution >= 0.6 is 0 Å². The van der Waals surface area contributed by atoms with Gasteiger partial charge in [-0.15, -0.1) is 0 Å². The number of hydrogen-bond donors (Lipinski definition) is 0. The van der Waals surface area contributed by atoms with Gasteiger partial charge in [-0.2, -0.15) is 4.21 Å². The van der Waals surface area contributed by atoms with Gasteiger partial charge in [-0.05, 0) is 12.8 Å². The fourth-order valence-corrected chi connectivity index (χ4v) is 0.769. The van der Waals surface area contributed by atoms with Crippen molar-refractivity contribution in [3.05, 3.63) is 0 Å². The Morgan fingerprint density at radius 3 is 1.62 bits per heavy atom. The Morgan fingerprint density at radius 2 is 1.50 bits per heavy atom. The van der Waals surface area contributed by atoms with Crippen LogP contribution in [-0.2, 0) is 17.3 Å². The molecule has 8 heavy (non-hydrogen) atoms. The van der Waals surface area contributed by atoms with Crippen molar-refractivity contribution in [1.82, 2.24) is 0 Å². The zero-order valence-electron chi connectivity index (χ0n) is 4.55. The number of ketones is 1. The second-order valence-corrected chi connectivity index (χ2v) is 1.75. The van der Waals surface area contributed by atoms with Crippen LogP contribution in [0.1, 0.15) is 25.7 Å². The minimum Gasteiger partial charge on any atom is -0.300 e. The molecule has 0 bridgehead atoms. The number of rotatable bonds is 0. The van der Waals surface area contributed by atoms with Crippen LogP contribution < -0.4 is 0 Å². The SMILES string of the molecule is O=C1CCCC1.O=S. The van der Waals surface area contributed by atoms with Gasteiger partial charge in [0.15, 0.2) is 12.5 Å². The van der Waals surface area contributed by atoms with Crippen molar-refractivity contribution >= 4 is 18.3 Å². The normalized spacial score (nSPS) is 17.2. The Morgan fingerprint density at radius 1 is 1.12 bits per heavy atom. The first-order valence-corrected chi connectivity index (χ1v) is 2.91. The molecular weight excluding hydrogens is 124 g/mol. The van der Waals surface area contributed by atoms with E-state index in [1.807, 2.05) is 0 Å². The van der Waals surface area contributed by atoms with E-state index in [0.717, 1.165) is 25.7 Å². The third-order valence-electron chi connectivity index (χ3n) is 1.16. The number of carbonyl (C=O) groups excluding carboxylic acids is 1. The van der Waals surface area contributed by atoms with Gasteiger partial charge in [-0.25, -0.2) is 0 Å². The Labute approximate surface area is 53.8 Å². The Kier molecular flexibility index (Phi) is 4.65. The smallest absolute Gasteiger partial charge is 0.197 e. The molecule has 3 heteroatoms. The van der Waals surface area contributed by atoms with E-state index in [-0.39, 0.29) is 0 Å². The molecule has 0 N–H and O–H groups in total. The molecule has 1 rings (SSSR count). The lowest BCUT2D eigenvalue weighted by Gasteiger charge is -1.71. The second kappa shape index (κ2) is 4.84. The standard InChI is InChI=1S/C5H8O.OS/c6-5-3-1-2-4-5;1-2/h1-4H2;. The summed E-state index contributed by atoms with van der Waals surface area (Å²) in [6, 6.07) is 0. The summed E-state index contributed by atoms with van der Waals surface area (Å²) < 4.78 is 7.83. The first-order chi connectivity index (χ1) is 3.89. The van der Waals surface area contributed by atoms with Crippen LogP contribution in [0.2, 0.25) is 0 Å². The fourth-order valence-electron chi connectivity index (χ4n) is 0.769. The predicted octanol–water partition coefficient (Wildman–Crippen LogP) is 0.793. The number of carbonyl (C=O) groups is 1. The van der Waals surface area contributed by atoms with Gasteiger partial charge in [0.25, 0.3) is 0 Å². The molecule has 0 aliphatic heterocycles. The molecule has 46 valence electrons. The average Bonchev–Trinajstić information content (AvgIpc) is 2.24. The largest absolute Gasteiger partial charge is 0.300 e. The van der Waals surface area contributed by atoms with Gasteiger partial charge < -0.3 is 0 Å². The highest BCUT2D eigenvalue weighted by Gasteiger charge is 2.07. The van der Waals surface area contributed by atoms with E-state index in [1.165, 1.54) is 0 Å². The molecular formula is C5H8O2S. The van der Waals surface area contributed by atoms with E-state index in [9.17, 15) is 4.79 Å². The summed E-state index contributed by atoms with van der Waals surface area (Å²) in [6.07, 6.45) is 3.97. The summed E-state index contributed by atoms with van der Waals surface area (Å²) in [4.78, 5) is 10.2. The van der Waals surface area contributed by atoms with Gasteiger partial charge >= 0.3 is 0 Å². The Bertz CT molecular complexity index is 74.5. The zero-order chi connectivity index (χ0) is 6.41. The summed E-state index contributed by atoms with van der Waals surface area (Å²) in [7, 11) is 0. The molecule has 2 nitrogen and oxygen atoms in total. The predicted molar refractivity (Wildman–Crippen MR) is 31.6 cm³/mol. The molecule has 0 aromatic carbocycles. The van der Waals surface area contributed by atoms with Crippen LogP contribution in [0, 0.1) is 0 Å². The van der Waals surface area contributed by atoms with E-state index in [0.29, 0.717) is 5.78 Å². The summed E-state index contributed by atoms with van der Waals surface area (Å²) in [6.45, 7) is 0. The van der Waals surface area contributed by atoms with E-state index in [4.69, 9.17) is 4.21 Å². The van der Waals surface area contributed by atoms with E-state index < -0.39 is 0 Å². The van der Waals surface area contributed by atoms with Crippen molar-refractivity contribution in [3.63, 3.8) is 0 Å². The molecule has 1 saturated carbocycles. The lowest BCUT2D eigenvalue weighted by atomic mass is 10.4. The lowest BCUT2D eigenvalue weighted by Crippen LogP contribution is -1.81. The highest BCUT2D eigenvalue weighted by atomic mass is 32.1. The van der Waals surface area contributed by atoms with Crippen molar-refractivity contribution in [2.45, 2.75) is 25.7 Å². The molecule has 0 heterocycles. The highest BCUT2D eigenvalue weighted by Crippen LogP contribution is 2.11. The number of hydrogen-bond acceptors (Lipinski definition) is 3. The zero-order valence-corrected chi connectivity index (χ0v) is 5.37. The van der Waals surface area contributed by atoms with Crippen LogP contribution in [0.3, 0.4) is 0 Å². The molecule has 0 aromatic rings. The molecule has 0 atom stereocenters. The monoisotopic (exact) mass is 132 g/mol. The molecule has 0 radical (unpaired) electrons. The third kappa shape index (κ3) is 2.80. The minimum absolute atomic E-state index is 0.454. The molecule has 1 aliphatic carbocycles. The van der Waals surface area contributed by atoms with Crippen LogP contribution in [0.25, 0.3) is 0 Å². The first-order valence-electron chi connectivity index (χ1n) is 2.58. The van der Waals surface area contributed by atoms with Gasteiger partial charge in [0.1, 0.15) is 5.78 Å². The summed E-state index contributed by atoms with van der Waals surface area (Å²) in [5, 5.41) is 0. The van der Waals surface area contributed by atoms with Gasteiger partial charge in [0.05, 0.1) is 0 Å². The molecule has 1 aliphatic rings. The third-order valence-corrected chi connectivity index (χ3v) is 1.16. The van der Waals surface area contributed by atoms with Crippen LogP contribution in [0.5, 0.6) is 0 Å². The Balaban J connectivity index is 0.000000222. The average molecular weight is 132 g/mol. The molecule has 0 unspecified atom stereocenters. The lowest BCUT2D eigenvalue weighted by molar-refractivity contribution is -0.117. The quantitative estimate of drug-likeness (QED) is 0.488. The van der Waals surface area contributed by atoms with Crippen LogP contribution in [0.4, 0.5) is 0 Å². The van der Waals surface area contributed by atoms with E-state index >= 15 is 0 Å². The minimum atomic E-state index is 0.454. The maximum atomic E-state index is 10.2. The van der Waals surface area contributed by atoms with Crippen molar-refractivity contribution in [2.24, 2.45) is 0 Å². The van der Waals surface area contributed by atoms with Crippen molar-refractivity contribution in [3.8, 4) is 0 Å². The Hall–Kier alpha value is -0.310. The highest BCUT2D eigenvalue weighted by molar-refractivity contribution is 7.44. The van der Waals surface area contributed by atoms with Crippen LogP contribution in [0.15, 0.2) is 0 Å². The van der Waals surface area contributed by atoms with Crippen molar-refractivity contribution in [1.29, 1.82) is 0 Å². The molecule has 1 fully saturated rings. The van der Waals surface area contributed by atoms with Gasteiger partial charge in [-0.3, -0.25) is 4.79 Å². The molecule has 0 amide bonds. The van der Waals surface area contributed by atoms with Crippen molar-refractivity contribution in [2.75, 3.05) is 0 Å². The van der Waals surface area contributed by atoms with Crippen molar-refractivity contribution < 1.29 is 9.00 Å². The summed E-state index contributed by atoms with van der Waals surface area (Å²) in [5.74, 6) is 0.454. The van der Waals surface area contributed by atoms with E-state index in [2.05, 4.69) is 12.5 Å². The maximum absolute atomic E-state index is 10.2. The topological polar surface area (TPSA) is 34.1 Å². The number of Topliss-reactive ketones (excluding diaryl/α,β-unsaturated/α-hetero) is 1.